The van der Waals surface area contributed by atoms with E-state index in [1.54, 1.807) is 12.1 Å². The van der Waals surface area contributed by atoms with Crippen LogP contribution in [-0.4, -0.2) is 38.2 Å². The van der Waals surface area contributed by atoms with Gasteiger partial charge >= 0.3 is 0 Å². The molecule has 7 heteroatoms. The fraction of sp³-hybridized carbons (Fsp3) is 0.529. The summed E-state index contributed by atoms with van der Waals surface area (Å²) >= 11 is 0. The van der Waals surface area contributed by atoms with Gasteiger partial charge in [0.25, 0.3) is 0 Å². The largest absolute Gasteiger partial charge is 0.493 e. The molecule has 0 aliphatic carbocycles. The lowest BCUT2D eigenvalue weighted by atomic mass is 9.79. The van der Waals surface area contributed by atoms with E-state index in [2.05, 4.69) is 5.32 Å². The monoisotopic (exact) mass is 338 g/mol. The fourth-order valence-electron chi connectivity index (χ4n) is 2.61. The smallest absolute Gasteiger partial charge is 0.225 e. The van der Waals surface area contributed by atoms with Gasteiger partial charge in [-0.15, -0.1) is 0 Å². The molecule has 1 aliphatic rings. The molecule has 3 N–H and O–H groups in total. The van der Waals surface area contributed by atoms with Gasteiger partial charge in [0.05, 0.1) is 12.0 Å². The van der Waals surface area contributed by atoms with Gasteiger partial charge in [0.15, 0.2) is 0 Å². The third kappa shape index (κ3) is 5.19. The van der Waals surface area contributed by atoms with Crippen LogP contribution in [0.25, 0.3) is 0 Å². The van der Waals surface area contributed by atoms with Gasteiger partial charge < -0.3 is 20.5 Å². The summed E-state index contributed by atoms with van der Waals surface area (Å²) in [5, 5.41) is 2.77. The molecular weight excluding hydrogens is 315 g/mol. The highest BCUT2D eigenvalue weighted by Gasteiger charge is 2.38. The average Bonchev–Trinajstić information content (AvgIpc) is 2.58. The summed E-state index contributed by atoms with van der Waals surface area (Å²) in [6.45, 7) is 1.49. The lowest BCUT2D eigenvalue weighted by Crippen LogP contribution is -2.49. The van der Waals surface area contributed by atoms with Crippen LogP contribution in [0.15, 0.2) is 24.3 Å². The van der Waals surface area contributed by atoms with Crippen LogP contribution in [0, 0.1) is 11.2 Å². The van der Waals surface area contributed by atoms with Crippen LogP contribution in [0.3, 0.4) is 0 Å². The highest BCUT2D eigenvalue weighted by Crippen LogP contribution is 2.29. The lowest BCUT2D eigenvalue weighted by molar-refractivity contribution is -0.134. The van der Waals surface area contributed by atoms with E-state index in [9.17, 15) is 14.0 Å². The molecule has 0 atom stereocenters. The zero-order valence-corrected chi connectivity index (χ0v) is 13.6. The van der Waals surface area contributed by atoms with Crippen LogP contribution in [0.1, 0.15) is 25.7 Å². The third-order valence-electron chi connectivity index (χ3n) is 4.21. The molecule has 1 saturated heterocycles. The minimum absolute atomic E-state index is 0.162. The first-order valence-corrected chi connectivity index (χ1v) is 8.05. The summed E-state index contributed by atoms with van der Waals surface area (Å²) in [5.41, 5.74) is 4.77. The SMILES string of the molecule is NC(=O)C1(CNC(=O)CCCOc2cccc(F)c2)CCOCC1. The lowest BCUT2D eigenvalue weighted by Gasteiger charge is -2.34. The van der Waals surface area contributed by atoms with E-state index < -0.39 is 11.3 Å². The van der Waals surface area contributed by atoms with E-state index in [4.69, 9.17) is 15.2 Å². The normalized spacial score (nSPS) is 16.4. The number of rotatable bonds is 8. The molecule has 0 aromatic heterocycles. The van der Waals surface area contributed by atoms with Crippen LogP contribution in [0.4, 0.5) is 4.39 Å². The Kier molecular flexibility index (Phi) is 6.54. The molecule has 132 valence electrons. The van der Waals surface area contributed by atoms with Crippen molar-refractivity contribution in [2.45, 2.75) is 25.7 Å². The number of hydrogen-bond acceptors (Lipinski definition) is 4. The molecule has 0 bridgehead atoms. The Morgan fingerprint density at radius 2 is 2.08 bits per heavy atom. The summed E-state index contributed by atoms with van der Waals surface area (Å²) in [7, 11) is 0. The highest BCUT2D eigenvalue weighted by atomic mass is 19.1. The van der Waals surface area contributed by atoms with Crippen LogP contribution in [0.5, 0.6) is 5.75 Å². The fourth-order valence-corrected chi connectivity index (χ4v) is 2.61. The van der Waals surface area contributed by atoms with Gasteiger partial charge in [-0.3, -0.25) is 9.59 Å². The average molecular weight is 338 g/mol. The Morgan fingerprint density at radius 1 is 1.33 bits per heavy atom. The Hall–Kier alpha value is -2.15. The van der Waals surface area contributed by atoms with E-state index in [1.165, 1.54) is 12.1 Å². The minimum Gasteiger partial charge on any atom is -0.493 e. The number of carbonyl (C=O) groups excluding carboxylic acids is 2. The maximum absolute atomic E-state index is 13.0. The molecule has 1 aliphatic heterocycles. The summed E-state index contributed by atoms with van der Waals surface area (Å²) < 4.78 is 23.6. The van der Waals surface area contributed by atoms with Crippen molar-refractivity contribution in [3.8, 4) is 5.75 Å². The molecule has 0 radical (unpaired) electrons. The number of carbonyl (C=O) groups is 2. The molecule has 24 heavy (non-hydrogen) atoms. The first kappa shape index (κ1) is 18.2. The predicted octanol–water partition coefficient (Wildman–Crippen LogP) is 1.38. The van der Waals surface area contributed by atoms with Crippen LogP contribution in [0.2, 0.25) is 0 Å². The van der Waals surface area contributed by atoms with E-state index in [0.717, 1.165) is 0 Å². The second-order valence-electron chi connectivity index (χ2n) is 5.94. The zero-order chi connectivity index (χ0) is 17.4. The van der Waals surface area contributed by atoms with Crippen molar-refractivity contribution in [1.82, 2.24) is 5.32 Å². The first-order chi connectivity index (χ1) is 11.5. The number of hydrogen-bond donors (Lipinski definition) is 2. The molecule has 1 fully saturated rings. The van der Waals surface area contributed by atoms with E-state index in [0.29, 0.717) is 44.8 Å². The minimum atomic E-state index is -0.716. The first-order valence-electron chi connectivity index (χ1n) is 8.05. The predicted molar refractivity (Wildman–Crippen MR) is 85.8 cm³/mol. The molecular formula is C17H23FN2O4. The molecule has 2 amide bonds. The second kappa shape index (κ2) is 8.63. The summed E-state index contributed by atoms with van der Waals surface area (Å²) in [6, 6.07) is 5.85. The Balaban J connectivity index is 1.68. The number of nitrogens with one attached hydrogen (secondary N) is 1. The van der Waals surface area contributed by atoms with Gasteiger partial charge in [-0.2, -0.15) is 0 Å². The van der Waals surface area contributed by atoms with E-state index in [1.807, 2.05) is 0 Å². The van der Waals surface area contributed by atoms with Crippen molar-refractivity contribution in [1.29, 1.82) is 0 Å². The van der Waals surface area contributed by atoms with Gasteiger partial charge in [0, 0.05) is 32.2 Å². The quantitative estimate of drug-likeness (QED) is 0.701. The Bertz CT molecular complexity index is 573. The molecule has 1 aromatic rings. The third-order valence-corrected chi connectivity index (χ3v) is 4.21. The van der Waals surface area contributed by atoms with Crippen LogP contribution in [-0.2, 0) is 14.3 Å². The van der Waals surface area contributed by atoms with Gasteiger partial charge in [0.2, 0.25) is 11.8 Å². The van der Waals surface area contributed by atoms with Crippen molar-refractivity contribution < 1.29 is 23.5 Å². The summed E-state index contributed by atoms with van der Waals surface area (Å²) in [6.07, 6.45) is 1.80. The number of primary amides is 1. The molecule has 0 saturated carbocycles. The molecule has 0 unspecified atom stereocenters. The second-order valence-corrected chi connectivity index (χ2v) is 5.94. The topological polar surface area (TPSA) is 90.7 Å². The molecule has 6 nitrogen and oxygen atoms in total. The van der Waals surface area contributed by atoms with Gasteiger partial charge in [-0.05, 0) is 31.4 Å². The Labute approximate surface area is 140 Å². The van der Waals surface area contributed by atoms with Gasteiger partial charge in [-0.25, -0.2) is 4.39 Å². The van der Waals surface area contributed by atoms with Crippen molar-refractivity contribution in [3.63, 3.8) is 0 Å². The maximum atomic E-state index is 13.0. The van der Waals surface area contributed by atoms with Crippen molar-refractivity contribution >= 4 is 11.8 Å². The summed E-state index contributed by atoms with van der Waals surface area (Å²) in [5.74, 6) is -0.491. The van der Waals surface area contributed by atoms with Crippen LogP contribution >= 0.6 is 0 Å². The number of benzene rings is 1. The number of halogens is 1. The standard InChI is InChI=1S/C17H23FN2O4/c18-13-3-1-4-14(11-13)24-8-2-5-15(21)20-12-17(16(19)22)6-9-23-10-7-17/h1,3-4,11H,2,5-10,12H2,(H2,19,22)(H,20,21). The van der Waals surface area contributed by atoms with Gasteiger partial charge in [-0.1, -0.05) is 6.07 Å². The molecule has 0 spiro atoms. The highest BCUT2D eigenvalue weighted by molar-refractivity contribution is 5.82. The van der Waals surface area contributed by atoms with Gasteiger partial charge in [0.1, 0.15) is 11.6 Å². The number of ether oxygens (including phenoxy) is 2. The summed E-state index contributed by atoms with van der Waals surface area (Å²) in [4.78, 5) is 23.6. The molecule has 2 rings (SSSR count). The maximum Gasteiger partial charge on any atom is 0.225 e. The molecule has 1 heterocycles. The Morgan fingerprint density at radius 3 is 2.75 bits per heavy atom. The van der Waals surface area contributed by atoms with Crippen molar-refractivity contribution in [3.05, 3.63) is 30.1 Å². The molecule has 1 aromatic carbocycles. The van der Waals surface area contributed by atoms with Crippen molar-refractivity contribution in [2.75, 3.05) is 26.4 Å². The zero-order valence-electron chi connectivity index (χ0n) is 13.6. The number of amides is 2. The van der Waals surface area contributed by atoms with E-state index in [-0.39, 0.29) is 24.7 Å². The van der Waals surface area contributed by atoms with Crippen molar-refractivity contribution in [2.24, 2.45) is 11.1 Å². The number of nitrogens with two attached hydrogens (primary N) is 1. The van der Waals surface area contributed by atoms with Crippen LogP contribution < -0.4 is 15.8 Å². The van der Waals surface area contributed by atoms with E-state index >= 15 is 0 Å².